The van der Waals surface area contributed by atoms with Crippen molar-refractivity contribution in [2.45, 2.75) is 43.6 Å². The van der Waals surface area contributed by atoms with Crippen LogP contribution in [0.1, 0.15) is 19.4 Å². The highest BCUT2D eigenvalue weighted by molar-refractivity contribution is 5.94. The van der Waals surface area contributed by atoms with E-state index < -0.39 is 76.1 Å². The van der Waals surface area contributed by atoms with Crippen LogP contribution in [-0.4, -0.2) is 58.7 Å². The van der Waals surface area contributed by atoms with Gasteiger partial charge in [-0.25, -0.2) is 14.6 Å². The molecule has 0 radical (unpaired) electrons. The summed E-state index contributed by atoms with van der Waals surface area (Å²) in [5.74, 6) is -14.6. The fourth-order valence-corrected chi connectivity index (χ4v) is 3.37. The highest BCUT2D eigenvalue weighted by Crippen LogP contribution is 2.47. The molecule has 3 rings (SSSR count). The van der Waals surface area contributed by atoms with Gasteiger partial charge in [-0.15, -0.1) is 0 Å². The molecule has 40 heavy (non-hydrogen) atoms. The van der Waals surface area contributed by atoms with Crippen molar-refractivity contribution >= 4 is 29.6 Å². The van der Waals surface area contributed by atoms with Crippen LogP contribution in [0.3, 0.4) is 0 Å². The monoisotopic (exact) mass is 592 g/mol. The number of alkyl halides is 10. The number of nitrogens with zero attached hydrogens (tertiary/aromatic N) is 4. The van der Waals surface area contributed by atoms with Crippen molar-refractivity contribution < 1.29 is 58.2 Å². The minimum absolute atomic E-state index is 0.0518. The normalized spacial score (nSPS) is 16.1. The second kappa shape index (κ2) is 9.84. The van der Waals surface area contributed by atoms with E-state index in [-0.39, 0.29) is 18.6 Å². The number of urea groups is 1. The van der Waals surface area contributed by atoms with Crippen molar-refractivity contribution in [3.05, 3.63) is 36.0 Å². The molecule has 0 saturated carbocycles. The number of hydrogen-bond donors (Lipinski definition) is 2. The number of halogens is 10. The first kappa shape index (κ1) is 30.5. The lowest BCUT2D eigenvalue weighted by molar-refractivity contribution is -0.351. The van der Waals surface area contributed by atoms with Gasteiger partial charge < -0.3 is 15.8 Å². The SMILES string of the molecule is CC1(C)CN(c2ncc(OC(=O)N(CC(F)(F)C(F)(F)C(F)(F)F)c3cccc(C(F)(F)F)c3)c(N)n2)C(=O)N1. The summed E-state index contributed by atoms with van der Waals surface area (Å²) < 4.78 is 138. The van der Waals surface area contributed by atoms with Gasteiger partial charge in [-0.1, -0.05) is 6.07 Å². The largest absolute Gasteiger partial charge is 0.459 e. The van der Waals surface area contributed by atoms with Gasteiger partial charge in [-0.3, -0.25) is 9.80 Å². The Morgan fingerprint density at radius 1 is 1.12 bits per heavy atom. The molecule has 1 fully saturated rings. The molecule has 2 heterocycles. The van der Waals surface area contributed by atoms with Gasteiger partial charge in [0.2, 0.25) is 5.95 Å². The fraction of sp³-hybridized carbons (Fsp3) is 0.429. The third-order valence-corrected chi connectivity index (χ3v) is 5.33. The molecule has 9 nitrogen and oxygen atoms in total. The Morgan fingerprint density at radius 2 is 1.75 bits per heavy atom. The summed E-state index contributed by atoms with van der Waals surface area (Å²) in [6, 6.07) is 0.996. The van der Waals surface area contributed by atoms with Crippen molar-refractivity contribution in [3.8, 4) is 5.75 Å². The van der Waals surface area contributed by atoms with Gasteiger partial charge in [0, 0.05) is 5.69 Å². The predicted octanol–water partition coefficient (Wildman–Crippen LogP) is 5.22. The highest BCUT2D eigenvalue weighted by Gasteiger charge is 2.73. The number of nitrogen functional groups attached to an aromatic ring is 1. The predicted molar refractivity (Wildman–Crippen MR) is 117 cm³/mol. The van der Waals surface area contributed by atoms with Crippen LogP contribution in [0.5, 0.6) is 5.75 Å². The summed E-state index contributed by atoms with van der Waals surface area (Å²) in [7, 11) is 0. The standard InChI is InChI=1S/C21H18F10N6O3/c1-17(2)8-37(15(38)35-17)14-33-7-12(13(32)34-14)40-16(39)36(9-18(22,23)20(27,28)21(29,30)31)11-5-3-4-10(6-11)19(24,25)26/h3-7H,8-9H2,1-2H3,(H,35,38)(H2,32,33,34). The molecule has 1 aliphatic heterocycles. The molecule has 0 aliphatic carbocycles. The van der Waals surface area contributed by atoms with Crippen molar-refractivity contribution in [1.29, 1.82) is 0 Å². The van der Waals surface area contributed by atoms with E-state index in [1.807, 2.05) is 0 Å². The Labute approximate surface area is 217 Å². The van der Waals surface area contributed by atoms with Crippen LogP contribution in [0.25, 0.3) is 0 Å². The molecule has 1 aromatic heterocycles. The first-order valence-electron chi connectivity index (χ1n) is 10.8. The summed E-state index contributed by atoms with van der Waals surface area (Å²) in [5, 5.41) is 2.58. The smallest absolute Gasteiger partial charge is 0.404 e. The zero-order chi connectivity index (χ0) is 30.5. The second-order valence-corrected chi connectivity index (χ2v) is 9.10. The Kier molecular flexibility index (Phi) is 7.50. The van der Waals surface area contributed by atoms with Crippen LogP contribution in [0, 0.1) is 0 Å². The number of ether oxygens (including phenoxy) is 1. The van der Waals surface area contributed by atoms with Gasteiger partial charge in [0.1, 0.15) is 0 Å². The quantitative estimate of drug-likeness (QED) is 0.445. The number of carbonyl (C=O) groups is 2. The number of benzene rings is 1. The lowest BCUT2D eigenvalue weighted by atomic mass is 10.1. The number of hydrogen-bond acceptors (Lipinski definition) is 6. The maximum atomic E-state index is 14.2. The summed E-state index contributed by atoms with van der Waals surface area (Å²) in [6.45, 7) is 0.605. The van der Waals surface area contributed by atoms with Crippen LogP contribution in [-0.2, 0) is 6.18 Å². The van der Waals surface area contributed by atoms with Crippen LogP contribution in [0.2, 0.25) is 0 Å². The van der Waals surface area contributed by atoms with E-state index in [0.717, 1.165) is 4.90 Å². The zero-order valence-electron chi connectivity index (χ0n) is 20.2. The van der Waals surface area contributed by atoms with Gasteiger partial charge in [0.25, 0.3) is 0 Å². The Hall–Kier alpha value is -4.06. The Balaban J connectivity index is 1.98. The van der Waals surface area contributed by atoms with Gasteiger partial charge in [-0.05, 0) is 32.0 Å². The van der Waals surface area contributed by atoms with Crippen LogP contribution in [0.15, 0.2) is 30.5 Å². The third kappa shape index (κ3) is 6.06. The Morgan fingerprint density at radius 3 is 2.25 bits per heavy atom. The van der Waals surface area contributed by atoms with Gasteiger partial charge in [-0.2, -0.15) is 48.9 Å². The third-order valence-electron chi connectivity index (χ3n) is 5.33. The summed E-state index contributed by atoms with van der Waals surface area (Å²) in [6.07, 6.45) is -13.4. The molecule has 1 saturated heterocycles. The van der Waals surface area contributed by atoms with E-state index in [1.54, 1.807) is 13.8 Å². The minimum atomic E-state index is -6.79. The van der Waals surface area contributed by atoms with Gasteiger partial charge in [0.15, 0.2) is 11.6 Å². The summed E-state index contributed by atoms with van der Waals surface area (Å²) in [5.41, 5.74) is 2.23. The second-order valence-electron chi connectivity index (χ2n) is 9.10. The number of aromatic nitrogens is 2. The maximum absolute atomic E-state index is 14.2. The minimum Gasteiger partial charge on any atom is -0.404 e. The van der Waals surface area contributed by atoms with Gasteiger partial charge in [0.05, 0.1) is 30.4 Å². The van der Waals surface area contributed by atoms with Crippen LogP contribution in [0.4, 0.5) is 70.9 Å². The molecule has 0 spiro atoms. The molecule has 1 aromatic carbocycles. The number of carbonyl (C=O) groups excluding carboxylic acids is 2. The van der Waals surface area contributed by atoms with Crippen molar-refractivity contribution in [2.24, 2.45) is 0 Å². The molecule has 0 atom stereocenters. The van der Waals surface area contributed by atoms with Crippen LogP contribution >= 0.6 is 0 Å². The van der Waals surface area contributed by atoms with Crippen molar-refractivity contribution in [2.75, 3.05) is 28.6 Å². The van der Waals surface area contributed by atoms with Crippen molar-refractivity contribution in [1.82, 2.24) is 15.3 Å². The topological polar surface area (TPSA) is 114 Å². The zero-order valence-corrected chi connectivity index (χ0v) is 20.2. The maximum Gasteiger partial charge on any atom is 0.459 e. The average Bonchev–Trinajstić information content (AvgIpc) is 3.09. The van der Waals surface area contributed by atoms with E-state index in [9.17, 15) is 53.5 Å². The lowest BCUT2D eigenvalue weighted by Gasteiger charge is -2.32. The number of nitrogens with one attached hydrogen (secondary N) is 1. The summed E-state index contributed by atoms with van der Waals surface area (Å²) >= 11 is 0. The lowest BCUT2D eigenvalue weighted by Crippen LogP contribution is -2.58. The van der Waals surface area contributed by atoms with Crippen LogP contribution < -0.4 is 25.6 Å². The molecular formula is C21H18F10N6O3. The van der Waals surface area contributed by atoms with E-state index in [2.05, 4.69) is 15.3 Å². The molecule has 3 amide bonds. The van der Waals surface area contributed by atoms with Gasteiger partial charge >= 0.3 is 36.3 Å². The average molecular weight is 592 g/mol. The van der Waals surface area contributed by atoms with Crippen molar-refractivity contribution in [3.63, 3.8) is 0 Å². The number of nitrogens with two attached hydrogens (primary N) is 1. The number of rotatable bonds is 6. The molecule has 220 valence electrons. The Bertz CT molecular complexity index is 1300. The number of amides is 3. The van der Waals surface area contributed by atoms with E-state index in [4.69, 9.17) is 10.5 Å². The molecule has 2 aromatic rings. The first-order valence-corrected chi connectivity index (χ1v) is 10.8. The molecule has 19 heteroatoms. The van der Waals surface area contributed by atoms with E-state index >= 15 is 0 Å². The fourth-order valence-electron chi connectivity index (χ4n) is 3.37. The molecule has 1 aliphatic rings. The van der Waals surface area contributed by atoms with E-state index in [0.29, 0.717) is 24.4 Å². The number of anilines is 3. The van der Waals surface area contributed by atoms with E-state index in [1.165, 1.54) is 0 Å². The molecule has 0 bridgehead atoms. The highest BCUT2D eigenvalue weighted by atomic mass is 19.4. The summed E-state index contributed by atoms with van der Waals surface area (Å²) in [4.78, 5) is 32.8. The molecular weight excluding hydrogens is 574 g/mol. The first-order chi connectivity index (χ1) is 18.1. The molecule has 3 N–H and O–H groups in total. The molecule has 0 unspecified atom stereocenters.